The number of ether oxygens (including phenoxy) is 2. The SMILES string of the molecule is C#CCC(N)C(=O)Nc1ccc(OC)c(OC)c1. The predicted octanol–water partition coefficient (Wildman–Crippen LogP) is 0.993. The molecule has 1 aromatic rings. The average Bonchev–Trinajstić information content (AvgIpc) is 2.38. The maximum absolute atomic E-state index is 11.7. The van der Waals surface area contributed by atoms with Crippen molar-refractivity contribution in [2.24, 2.45) is 5.73 Å². The van der Waals surface area contributed by atoms with E-state index in [0.29, 0.717) is 17.2 Å². The Hall–Kier alpha value is -2.19. The molecule has 0 radical (unpaired) electrons. The largest absolute Gasteiger partial charge is 0.493 e. The molecule has 1 aromatic carbocycles. The Kier molecular flexibility index (Phi) is 5.03. The van der Waals surface area contributed by atoms with Crippen LogP contribution in [0.15, 0.2) is 18.2 Å². The monoisotopic (exact) mass is 248 g/mol. The van der Waals surface area contributed by atoms with Crippen LogP contribution in [0.2, 0.25) is 0 Å². The van der Waals surface area contributed by atoms with Crippen molar-refractivity contribution in [1.82, 2.24) is 0 Å². The lowest BCUT2D eigenvalue weighted by Gasteiger charge is -2.12. The Morgan fingerprint density at radius 2 is 2.11 bits per heavy atom. The second-order valence-electron chi connectivity index (χ2n) is 3.57. The van der Waals surface area contributed by atoms with Crippen molar-refractivity contribution in [2.45, 2.75) is 12.5 Å². The molecule has 0 bridgehead atoms. The zero-order chi connectivity index (χ0) is 13.5. The number of amides is 1. The molecule has 0 aromatic heterocycles. The lowest BCUT2D eigenvalue weighted by Crippen LogP contribution is -2.35. The van der Waals surface area contributed by atoms with Gasteiger partial charge in [-0.05, 0) is 12.1 Å². The van der Waals surface area contributed by atoms with Gasteiger partial charge in [0.2, 0.25) is 5.91 Å². The molecule has 5 nitrogen and oxygen atoms in total. The lowest BCUT2D eigenvalue weighted by molar-refractivity contribution is -0.117. The van der Waals surface area contributed by atoms with Crippen molar-refractivity contribution in [1.29, 1.82) is 0 Å². The Morgan fingerprint density at radius 3 is 2.67 bits per heavy atom. The third-order valence-electron chi connectivity index (χ3n) is 2.33. The summed E-state index contributed by atoms with van der Waals surface area (Å²) in [5, 5.41) is 2.66. The number of anilines is 1. The van der Waals surface area contributed by atoms with Crippen molar-refractivity contribution in [2.75, 3.05) is 19.5 Å². The fraction of sp³-hybridized carbons (Fsp3) is 0.308. The van der Waals surface area contributed by atoms with Crippen LogP contribution >= 0.6 is 0 Å². The third-order valence-corrected chi connectivity index (χ3v) is 2.33. The van der Waals surface area contributed by atoms with Crippen molar-refractivity contribution in [3.63, 3.8) is 0 Å². The summed E-state index contributed by atoms with van der Waals surface area (Å²) in [6, 6.07) is 4.32. The van der Waals surface area contributed by atoms with Gasteiger partial charge in [-0.25, -0.2) is 0 Å². The van der Waals surface area contributed by atoms with Gasteiger partial charge in [-0.3, -0.25) is 4.79 Å². The highest BCUT2D eigenvalue weighted by atomic mass is 16.5. The minimum Gasteiger partial charge on any atom is -0.493 e. The molecule has 1 atom stereocenters. The molecule has 0 aliphatic rings. The summed E-state index contributed by atoms with van der Waals surface area (Å²) in [5.41, 5.74) is 6.17. The molecule has 0 spiro atoms. The minimum atomic E-state index is -0.719. The number of nitrogens with one attached hydrogen (secondary N) is 1. The first kappa shape index (κ1) is 13.9. The van der Waals surface area contributed by atoms with Crippen molar-refractivity contribution >= 4 is 11.6 Å². The van der Waals surface area contributed by atoms with Crippen LogP contribution in [0.5, 0.6) is 11.5 Å². The van der Waals surface area contributed by atoms with Gasteiger partial charge in [0.05, 0.1) is 20.3 Å². The van der Waals surface area contributed by atoms with E-state index in [1.54, 1.807) is 25.3 Å². The summed E-state index contributed by atoms with van der Waals surface area (Å²) in [7, 11) is 3.06. The zero-order valence-corrected chi connectivity index (χ0v) is 10.4. The first-order chi connectivity index (χ1) is 8.62. The highest BCUT2D eigenvalue weighted by molar-refractivity contribution is 5.95. The van der Waals surface area contributed by atoms with Crippen LogP contribution in [0.25, 0.3) is 0 Å². The van der Waals surface area contributed by atoms with E-state index >= 15 is 0 Å². The van der Waals surface area contributed by atoms with Gasteiger partial charge >= 0.3 is 0 Å². The van der Waals surface area contributed by atoms with Crippen LogP contribution in [-0.4, -0.2) is 26.2 Å². The van der Waals surface area contributed by atoms with E-state index in [9.17, 15) is 4.79 Å². The van der Waals surface area contributed by atoms with E-state index in [1.807, 2.05) is 0 Å². The highest BCUT2D eigenvalue weighted by Gasteiger charge is 2.13. The Morgan fingerprint density at radius 1 is 1.44 bits per heavy atom. The maximum atomic E-state index is 11.7. The van der Waals surface area contributed by atoms with E-state index in [2.05, 4.69) is 11.2 Å². The van der Waals surface area contributed by atoms with E-state index in [1.165, 1.54) is 7.11 Å². The van der Waals surface area contributed by atoms with E-state index < -0.39 is 6.04 Å². The number of hydrogen-bond acceptors (Lipinski definition) is 4. The van der Waals surface area contributed by atoms with Crippen LogP contribution in [0.1, 0.15) is 6.42 Å². The average molecular weight is 248 g/mol. The number of nitrogens with two attached hydrogens (primary N) is 1. The fourth-order valence-corrected chi connectivity index (χ4v) is 1.37. The standard InChI is InChI=1S/C13H16N2O3/c1-4-5-10(14)13(16)15-9-6-7-11(17-2)12(8-9)18-3/h1,6-8,10H,5,14H2,2-3H3,(H,15,16). The van der Waals surface area contributed by atoms with Gasteiger partial charge in [0.25, 0.3) is 0 Å². The van der Waals surface area contributed by atoms with Crippen molar-refractivity contribution < 1.29 is 14.3 Å². The third kappa shape index (κ3) is 3.40. The molecule has 5 heteroatoms. The first-order valence-corrected chi connectivity index (χ1v) is 5.34. The van der Waals surface area contributed by atoms with Crippen LogP contribution in [-0.2, 0) is 4.79 Å². The molecule has 0 aliphatic carbocycles. The molecule has 0 aliphatic heterocycles. The molecule has 0 heterocycles. The highest BCUT2D eigenvalue weighted by Crippen LogP contribution is 2.29. The number of hydrogen-bond donors (Lipinski definition) is 2. The van der Waals surface area contributed by atoms with Gasteiger partial charge in [0, 0.05) is 18.2 Å². The van der Waals surface area contributed by atoms with Gasteiger partial charge in [0.15, 0.2) is 11.5 Å². The van der Waals surface area contributed by atoms with Crippen LogP contribution in [0, 0.1) is 12.3 Å². The van der Waals surface area contributed by atoms with Gasteiger partial charge in [-0.1, -0.05) is 0 Å². The van der Waals surface area contributed by atoms with Gasteiger partial charge < -0.3 is 20.5 Å². The Balaban J connectivity index is 2.80. The summed E-state index contributed by atoms with van der Waals surface area (Å²) < 4.78 is 10.2. The second-order valence-corrected chi connectivity index (χ2v) is 3.57. The number of benzene rings is 1. The summed E-state index contributed by atoms with van der Waals surface area (Å²) in [4.78, 5) is 11.7. The topological polar surface area (TPSA) is 73.6 Å². The smallest absolute Gasteiger partial charge is 0.242 e. The quantitative estimate of drug-likeness (QED) is 0.762. The Bertz CT molecular complexity index is 466. The number of carbonyl (C=O) groups excluding carboxylic acids is 1. The number of methoxy groups -OCH3 is 2. The Labute approximate surface area is 106 Å². The molecule has 0 fully saturated rings. The fourth-order valence-electron chi connectivity index (χ4n) is 1.37. The van der Waals surface area contributed by atoms with E-state index in [0.717, 1.165) is 0 Å². The predicted molar refractivity (Wildman–Crippen MR) is 69.6 cm³/mol. The summed E-state index contributed by atoms with van der Waals surface area (Å²) in [5.74, 6) is 3.13. The molecule has 0 saturated carbocycles. The molecule has 1 unspecified atom stereocenters. The molecule has 1 rings (SSSR count). The van der Waals surface area contributed by atoms with Gasteiger partial charge in [0.1, 0.15) is 0 Å². The van der Waals surface area contributed by atoms with E-state index in [4.69, 9.17) is 21.6 Å². The summed E-state index contributed by atoms with van der Waals surface area (Å²) in [6.07, 6.45) is 5.29. The number of rotatable bonds is 5. The van der Waals surface area contributed by atoms with Crippen LogP contribution in [0.3, 0.4) is 0 Å². The van der Waals surface area contributed by atoms with Crippen LogP contribution in [0.4, 0.5) is 5.69 Å². The van der Waals surface area contributed by atoms with Gasteiger partial charge in [-0.15, -0.1) is 12.3 Å². The number of terminal acetylenes is 1. The van der Waals surface area contributed by atoms with Crippen LogP contribution < -0.4 is 20.5 Å². The van der Waals surface area contributed by atoms with Crippen molar-refractivity contribution in [3.05, 3.63) is 18.2 Å². The van der Waals surface area contributed by atoms with Gasteiger partial charge in [-0.2, -0.15) is 0 Å². The molecular weight excluding hydrogens is 232 g/mol. The molecule has 3 N–H and O–H groups in total. The van der Waals surface area contributed by atoms with E-state index in [-0.39, 0.29) is 12.3 Å². The molecule has 1 amide bonds. The summed E-state index contributed by atoms with van der Waals surface area (Å²) in [6.45, 7) is 0. The molecular formula is C13H16N2O3. The van der Waals surface area contributed by atoms with Crippen molar-refractivity contribution in [3.8, 4) is 23.8 Å². The molecule has 96 valence electrons. The normalized spacial score (nSPS) is 11.2. The lowest BCUT2D eigenvalue weighted by atomic mass is 10.2. The maximum Gasteiger partial charge on any atom is 0.242 e. The minimum absolute atomic E-state index is 0.194. The molecule has 0 saturated heterocycles. The summed E-state index contributed by atoms with van der Waals surface area (Å²) >= 11 is 0. The first-order valence-electron chi connectivity index (χ1n) is 5.34. The molecule has 18 heavy (non-hydrogen) atoms. The second kappa shape index (κ2) is 6.52. The number of carbonyl (C=O) groups is 1. The zero-order valence-electron chi connectivity index (χ0n) is 10.4.